The van der Waals surface area contributed by atoms with Gasteiger partial charge in [0.1, 0.15) is 5.75 Å². The molecule has 0 saturated heterocycles. The number of para-hydroxylation sites is 3. The predicted molar refractivity (Wildman–Crippen MR) is 136 cm³/mol. The van der Waals surface area contributed by atoms with Crippen molar-refractivity contribution in [2.24, 2.45) is 0 Å². The number of carbonyl (C=O) groups is 2. The van der Waals surface area contributed by atoms with E-state index in [1.807, 2.05) is 84.3 Å². The summed E-state index contributed by atoms with van der Waals surface area (Å²) in [6, 6.07) is 23.2. The smallest absolute Gasteiger partial charge is 0.243 e. The minimum Gasteiger partial charge on any atom is -0.497 e. The van der Waals surface area contributed by atoms with Crippen LogP contribution in [0.3, 0.4) is 0 Å². The lowest BCUT2D eigenvalue weighted by Crippen LogP contribution is -2.34. The van der Waals surface area contributed by atoms with E-state index in [9.17, 15) is 9.59 Å². The maximum Gasteiger partial charge on any atom is 0.243 e. The number of fused-ring (bicyclic) bond motifs is 1. The number of amides is 2. The number of anilines is 1. The molecule has 0 saturated carbocycles. The van der Waals surface area contributed by atoms with E-state index < -0.39 is 0 Å². The molecular weight excluding hydrogens is 448 g/mol. The second-order valence-electron chi connectivity index (χ2n) is 7.54. The largest absolute Gasteiger partial charge is 0.497 e. The lowest BCUT2D eigenvalue weighted by molar-refractivity contribution is -0.122. The van der Waals surface area contributed by atoms with Crippen LogP contribution in [0.1, 0.15) is 12.5 Å². The number of ether oxygens (including phenoxy) is 1. The third-order valence-electron chi connectivity index (χ3n) is 5.31. The molecule has 0 radical (unpaired) electrons. The third-order valence-corrected chi connectivity index (χ3v) is 6.25. The maximum atomic E-state index is 12.5. The Bertz CT molecular complexity index is 1300. The Hall–Kier alpha value is -3.78. The van der Waals surface area contributed by atoms with Crippen molar-refractivity contribution in [2.75, 3.05) is 24.7 Å². The number of thioether (sulfide) groups is 1. The van der Waals surface area contributed by atoms with Crippen molar-refractivity contribution >= 4 is 40.3 Å². The molecule has 0 aliphatic rings. The van der Waals surface area contributed by atoms with Gasteiger partial charge in [-0.1, -0.05) is 49.0 Å². The van der Waals surface area contributed by atoms with Gasteiger partial charge in [0.05, 0.1) is 30.4 Å². The highest BCUT2D eigenvalue weighted by Gasteiger charge is 2.15. The molecule has 0 aliphatic carbocycles. The van der Waals surface area contributed by atoms with E-state index >= 15 is 0 Å². The average molecular weight is 475 g/mol. The number of carbonyl (C=O) groups excluding carboxylic acids is 2. The van der Waals surface area contributed by atoms with Crippen molar-refractivity contribution < 1.29 is 14.3 Å². The van der Waals surface area contributed by atoms with Gasteiger partial charge in [0.15, 0.2) is 5.16 Å². The molecule has 0 bridgehead atoms. The molecule has 1 heterocycles. The molecule has 3 aromatic carbocycles. The van der Waals surface area contributed by atoms with Gasteiger partial charge < -0.3 is 15.4 Å². The van der Waals surface area contributed by atoms with Crippen molar-refractivity contribution in [3.63, 3.8) is 0 Å². The number of methoxy groups -OCH3 is 1. The number of aromatic nitrogens is 2. The van der Waals surface area contributed by atoms with Crippen molar-refractivity contribution in [2.45, 2.75) is 18.5 Å². The summed E-state index contributed by atoms with van der Waals surface area (Å²) in [5, 5.41) is 6.25. The second-order valence-corrected chi connectivity index (χ2v) is 8.48. The van der Waals surface area contributed by atoms with Crippen molar-refractivity contribution in [1.82, 2.24) is 14.9 Å². The minimum absolute atomic E-state index is 0.0909. The van der Waals surface area contributed by atoms with E-state index in [-0.39, 0.29) is 24.1 Å². The van der Waals surface area contributed by atoms with Gasteiger partial charge in [-0.2, -0.15) is 0 Å². The quantitative estimate of drug-likeness (QED) is 0.350. The number of hydrogen-bond donors (Lipinski definition) is 2. The Labute approximate surface area is 202 Å². The molecule has 2 amide bonds. The number of benzene rings is 3. The summed E-state index contributed by atoms with van der Waals surface area (Å²) in [6.07, 6.45) is 0.814. The summed E-state index contributed by atoms with van der Waals surface area (Å²) < 4.78 is 7.28. The molecule has 0 aliphatic heterocycles. The Morgan fingerprint density at radius 1 is 0.971 bits per heavy atom. The Kier molecular flexibility index (Phi) is 7.49. The van der Waals surface area contributed by atoms with E-state index in [4.69, 9.17) is 9.72 Å². The summed E-state index contributed by atoms with van der Waals surface area (Å²) >= 11 is 1.32. The van der Waals surface area contributed by atoms with Crippen LogP contribution < -0.4 is 15.4 Å². The first-order chi connectivity index (χ1) is 16.6. The van der Waals surface area contributed by atoms with Gasteiger partial charge in [0.2, 0.25) is 11.8 Å². The van der Waals surface area contributed by atoms with Crippen LogP contribution in [0.25, 0.3) is 16.7 Å². The normalized spacial score (nSPS) is 10.8. The highest BCUT2D eigenvalue weighted by molar-refractivity contribution is 7.99. The maximum absolute atomic E-state index is 12.5. The van der Waals surface area contributed by atoms with Crippen LogP contribution >= 0.6 is 11.8 Å². The molecule has 34 heavy (non-hydrogen) atoms. The van der Waals surface area contributed by atoms with Gasteiger partial charge in [-0.15, -0.1) is 0 Å². The summed E-state index contributed by atoms with van der Waals surface area (Å²) in [4.78, 5) is 29.5. The second kappa shape index (κ2) is 10.9. The molecule has 0 spiro atoms. The summed E-state index contributed by atoms with van der Waals surface area (Å²) in [6.45, 7) is 1.94. The Balaban J connectivity index is 1.41. The van der Waals surface area contributed by atoms with E-state index in [1.54, 1.807) is 7.11 Å². The van der Waals surface area contributed by atoms with Crippen LogP contribution in [-0.2, 0) is 16.0 Å². The standard InChI is InChI=1S/C26H26N4O3S/c1-3-18-8-4-5-9-21(18)28-24(31)16-27-25(32)17-34-26-29-22-10-6-7-11-23(22)30(26)19-12-14-20(33-2)15-13-19/h4-15H,3,16-17H2,1-2H3,(H,27,32)(H,28,31). The fourth-order valence-corrected chi connectivity index (χ4v) is 4.44. The number of nitrogens with one attached hydrogen (secondary N) is 2. The number of nitrogens with zero attached hydrogens (tertiary/aromatic N) is 2. The molecule has 174 valence electrons. The molecule has 1 aromatic heterocycles. The molecule has 4 rings (SSSR count). The molecule has 2 N–H and O–H groups in total. The van der Waals surface area contributed by atoms with Gasteiger partial charge in [0.25, 0.3) is 0 Å². The van der Waals surface area contributed by atoms with E-state index in [0.29, 0.717) is 5.16 Å². The van der Waals surface area contributed by atoms with E-state index in [0.717, 1.165) is 40.1 Å². The summed E-state index contributed by atoms with van der Waals surface area (Å²) in [7, 11) is 1.63. The van der Waals surface area contributed by atoms with Crippen LogP contribution in [0.4, 0.5) is 5.69 Å². The first-order valence-electron chi connectivity index (χ1n) is 11.0. The summed E-state index contributed by atoms with van der Waals surface area (Å²) in [5.74, 6) is 0.404. The Morgan fingerprint density at radius 2 is 1.71 bits per heavy atom. The van der Waals surface area contributed by atoms with Crippen LogP contribution in [0.2, 0.25) is 0 Å². The fourth-order valence-electron chi connectivity index (χ4n) is 3.59. The lowest BCUT2D eigenvalue weighted by atomic mass is 10.1. The first kappa shape index (κ1) is 23.4. The zero-order valence-corrected chi connectivity index (χ0v) is 19.9. The zero-order chi connectivity index (χ0) is 23.9. The summed E-state index contributed by atoms with van der Waals surface area (Å²) in [5.41, 5.74) is 4.54. The number of imidazole rings is 1. The number of aryl methyl sites for hydroxylation is 1. The van der Waals surface area contributed by atoms with Crippen molar-refractivity contribution in [1.29, 1.82) is 0 Å². The Morgan fingerprint density at radius 3 is 2.47 bits per heavy atom. The molecule has 8 heteroatoms. The molecule has 0 fully saturated rings. The first-order valence-corrected chi connectivity index (χ1v) is 12.0. The lowest BCUT2D eigenvalue weighted by Gasteiger charge is -2.11. The van der Waals surface area contributed by atoms with Crippen LogP contribution in [0, 0.1) is 0 Å². The van der Waals surface area contributed by atoms with Crippen molar-refractivity contribution in [3.8, 4) is 11.4 Å². The third kappa shape index (κ3) is 5.40. The van der Waals surface area contributed by atoms with Crippen LogP contribution in [0.5, 0.6) is 5.75 Å². The van der Waals surface area contributed by atoms with E-state index in [1.165, 1.54) is 11.8 Å². The molecule has 4 aromatic rings. The van der Waals surface area contributed by atoms with Crippen LogP contribution in [-0.4, -0.2) is 40.8 Å². The highest BCUT2D eigenvalue weighted by Crippen LogP contribution is 2.28. The predicted octanol–water partition coefficient (Wildman–Crippen LogP) is 4.44. The highest BCUT2D eigenvalue weighted by atomic mass is 32.2. The van der Waals surface area contributed by atoms with Gasteiger partial charge in [0, 0.05) is 11.4 Å². The van der Waals surface area contributed by atoms with Gasteiger partial charge in [-0.25, -0.2) is 4.98 Å². The van der Waals surface area contributed by atoms with Gasteiger partial charge >= 0.3 is 0 Å². The monoisotopic (exact) mass is 474 g/mol. The molecule has 7 nitrogen and oxygen atoms in total. The molecule has 0 atom stereocenters. The topological polar surface area (TPSA) is 85.3 Å². The molecule has 0 unspecified atom stereocenters. The van der Waals surface area contributed by atoms with Crippen LogP contribution in [0.15, 0.2) is 78.0 Å². The zero-order valence-electron chi connectivity index (χ0n) is 19.1. The van der Waals surface area contributed by atoms with E-state index in [2.05, 4.69) is 10.6 Å². The number of rotatable bonds is 9. The number of hydrogen-bond acceptors (Lipinski definition) is 5. The molecular formula is C26H26N4O3S. The SMILES string of the molecule is CCc1ccccc1NC(=O)CNC(=O)CSc1nc2ccccc2n1-c1ccc(OC)cc1. The minimum atomic E-state index is -0.260. The average Bonchev–Trinajstić information content (AvgIpc) is 3.25. The van der Waals surface area contributed by atoms with Gasteiger partial charge in [-0.3, -0.25) is 14.2 Å². The van der Waals surface area contributed by atoms with Gasteiger partial charge in [-0.05, 0) is 54.4 Å². The van der Waals surface area contributed by atoms with Crippen molar-refractivity contribution in [3.05, 3.63) is 78.4 Å². The fraction of sp³-hybridized carbons (Fsp3) is 0.192.